The second-order valence-corrected chi connectivity index (χ2v) is 12.5. The summed E-state index contributed by atoms with van der Waals surface area (Å²) in [7, 11) is 0. The molecule has 7 rings (SSSR count). The zero-order valence-electron chi connectivity index (χ0n) is 27.0. The zero-order valence-corrected chi connectivity index (χ0v) is 27.0. The third kappa shape index (κ3) is 5.08. The van der Waals surface area contributed by atoms with Crippen molar-refractivity contribution in [3.63, 3.8) is 0 Å². The Morgan fingerprint density at radius 3 is 2.24 bits per heavy atom. The molecule has 3 aromatic heterocycles. The highest BCUT2D eigenvalue weighted by molar-refractivity contribution is 6.09. The van der Waals surface area contributed by atoms with Gasteiger partial charge in [-0.1, -0.05) is 38.1 Å². The van der Waals surface area contributed by atoms with E-state index in [1.807, 2.05) is 17.1 Å². The summed E-state index contributed by atoms with van der Waals surface area (Å²) >= 11 is 0. The van der Waals surface area contributed by atoms with E-state index in [1.54, 1.807) is 0 Å². The van der Waals surface area contributed by atoms with Crippen LogP contribution in [0.15, 0.2) is 97.5 Å². The van der Waals surface area contributed by atoms with Crippen LogP contribution in [-0.4, -0.2) is 19.3 Å². The number of rotatable bonds is 6. The molecule has 0 saturated carbocycles. The maximum atomic E-state index is 6.56. The molecule has 0 unspecified atom stereocenters. The number of aromatic nitrogens is 4. The number of ether oxygens (including phenoxy) is 1. The molecule has 5 nitrogen and oxygen atoms in total. The van der Waals surface area contributed by atoms with Crippen molar-refractivity contribution in [2.75, 3.05) is 0 Å². The fraction of sp³-hybridized carbons (Fsp3) is 0.200. The largest absolute Gasteiger partial charge is 0.457 e. The summed E-state index contributed by atoms with van der Waals surface area (Å²) in [5.41, 5.74) is 13.1. The van der Waals surface area contributed by atoms with Crippen molar-refractivity contribution in [1.82, 2.24) is 19.3 Å². The number of fused-ring (bicyclic) bond motifs is 3. The maximum Gasteiger partial charge on any atom is 0.137 e. The Balaban J connectivity index is 1.28. The first-order chi connectivity index (χ1) is 21.7. The summed E-state index contributed by atoms with van der Waals surface area (Å²) in [5.74, 6) is 2.86. The van der Waals surface area contributed by atoms with Crippen LogP contribution in [0.25, 0.3) is 44.4 Å². The Labute approximate surface area is 264 Å². The molecule has 0 aliphatic rings. The van der Waals surface area contributed by atoms with Gasteiger partial charge in [0.05, 0.1) is 22.9 Å². The molecule has 0 N–H and O–H groups in total. The van der Waals surface area contributed by atoms with Crippen molar-refractivity contribution in [1.29, 1.82) is 0 Å². The zero-order chi connectivity index (χ0) is 31.4. The molecule has 224 valence electrons. The molecule has 0 bridgehead atoms. The van der Waals surface area contributed by atoms with Gasteiger partial charge >= 0.3 is 0 Å². The highest BCUT2D eigenvalue weighted by Crippen LogP contribution is 2.36. The summed E-state index contributed by atoms with van der Waals surface area (Å²) < 4.78 is 10.8. The van der Waals surface area contributed by atoms with E-state index < -0.39 is 0 Å². The second kappa shape index (κ2) is 11.1. The predicted octanol–water partition coefficient (Wildman–Crippen LogP) is 10.5. The molecule has 0 aliphatic heterocycles. The van der Waals surface area contributed by atoms with Gasteiger partial charge in [-0.3, -0.25) is 4.57 Å². The van der Waals surface area contributed by atoms with E-state index in [0.29, 0.717) is 5.92 Å². The quantitative estimate of drug-likeness (QED) is 0.194. The first kappa shape index (κ1) is 28.6. The van der Waals surface area contributed by atoms with Crippen molar-refractivity contribution in [2.45, 2.75) is 54.4 Å². The van der Waals surface area contributed by atoms with Crippen LogP contribution in [0, 0.1) is 34.6 Å². The molecular weight excluding hydrogens is 552 g/mol. The van der Waals surface area contributed by atoms with Crippen LogP contribution < -0.4 is 4.74 Å². The summed E-state index contributed by atoms with van der Waals surface area (Å²) in [6, 6.07) is 27.6. The molecule has 4 aromatic carbocycles. The van der Waals surface area contributed by atoms with Gasteiger partial charge in [0.2, 0.25) is 0 Å². The topological polar surface area (TPSA) is 44.9 Å². The van der Waals surface area contributed by atoms with Crippen molar-refractivity contribution < 1.29 is 4.74 Å². The minimum Gasteiger partial charge on any atom is -0.457 e. The molecule has 0 fully saturated rings. The number of para-hydroxylation sites is 1. The molecule has 7 aromatic rings. The van der Waals surface area contributed by atoms with Gasteiger partial charge in [0.15, 0.2) is 0 Å². The van der Waals surface area contributed by atoms with Crippen LogP contribution in [-0.2, 0) is 0 Å². The molecular formula is C40H38N4O. The Bertz CT molecular complexity index is 2210. The van der Waals surface area contributed by atoms with Gasteiger partial charge in [-0.15, -0.1) is 0 Å². The molecule has 0 spiro atoms. The lowest BCUT2D eigenvalue weighted by Gasteiger charge is -2.14. The number of nitrogens with zero attached hydrogens (tertiary/aromatic N) is 4. The monoisotopic (exact) mass is 590 g/mol. The van der Waals surface area contributed by atoms with Crippen molar-refractivity contribution >= 4 is 21.8 Å². The summed E-state index contributed by atoms with van der Waals surface area (Å²) in [6.07, 6.45) is 5.99. The Morgan fingerprint density at radius 1 is 0.711 bits per heavy atom. The van der Waals surface area contributed by atoms with Gasteiger partial charge in [0, 0.05) is 40.9 Å². The van der Waals surface area contributed by atoms with E-state index in [4.69, 9.17) is 14.8 Å². The maximum absolute atomic E-state index is 6.56. The first-order valence-electron chi connectivity index (χ1n) is 15.6. The van der Waals surface area contributed by atoms with Gasteiger partial charge < -0.3 is 4.74 Å². The van der Waals surface area contributed by atoms with Crippen molar-refractivity contribution in [3.05, 3.63) is 131 Å². The van der Waals surface area contributed by atoms with E-state index in [-0.39, 0.29) is 0 Å². The van der Waals surface area contributed by atoms with Gasteiger partial charge in [-0.05, 0) is 122 Å². The number of aryl methyl sites for hydroxylation is 3. The van der Waals surface area contributed by atoms with Gasteiger partial charge in [0.1, 0.15) is 17.3 Å². The van der Waals surface area contributed by atoms with E-state index in [0.717, 1.165) is 45.2 Å². The average molecular weight is 591 g/mol. The molecule has 0 amide bonds. The Kier molecular flexibility index (Phi) is 7.04. The van der Waals surface area contributed by atoms with Gasteiger partial charge in [0.25, 0.3) is 0 Å². The third-order valence-electron chi connectivity index (χ3n) is 9.08. The molecule has 0 aliphatic carbocycles. The van der Waals surface area contributed by atoms with Crippen molar-refractivity contribution in [3.8, 4) is 34.1 Å². The van der Waals surface area contributed by atoms with E-state index in [9.17, 15) is 0 Å². The lowest BCUT2D eigenvalue weighted by molar-refractivity contribution is 0.482. The standard InChI is InChI=1S/C40H38N4O/c1-24(2)30-14-15-41-39(19-30)44-37-11-9-8-10-35(37)36-13-12-33(21-38(36)44)45-34-17-25(3)16-32(20-34)43-23-31(22-42-43)40-28(6)26(4)18-27(5)29(40)7/h8-24H,1-7H3. The Hall–Kier alpha value is -5.16. The summed E-state index contributed by atoms with van der Waals surface area (Å²) in [4.78, 5) is 4.79. The smallest absolute Gasteiger partial charge is 0.137 e. The Morgan fingerprint density at radius 2 is 1.47 bits per heavy atom. The SMILES string of the molecule is Cc1cc(Oc2ccc3c4ccccc4n(-c4cc(C(C)C)ccn4)c3c2)cc(-n2cc(-c3c(C)c(C)cc(C)c3C)cn2)c1. The fourth-order valence-corrected chi connectivity index (χ4v) is 6.47. The molecule has 0 saturated heterocycles. The highest BCUT2D eigenvalue weighted by Gasteiger charge is 2.16. The lowest BCUT2D eigenvalue weighted by atomic mass is 9.91. The van der Waals surface area contributed by atoms with E-state index >= 15 is 0 Å². The average Bonchev–Trinajstić information content (AvgIpc) is 3.63. The fourth-order valence-electron chi connectivity index (χ4n) is 6.47. The van der Waals surface area contributed by atoms with Gasteiger partial charge in [-0.25, -0.2) is 9.67 Å². The second-order valence-electron chi connectivity index (χ2n) is 12.5. The van der Waals surface area contributed by atoms with Crippen LogP contribution in [0.1, 0.15) is 53.1 Å². The highest BCUT2D eigenvalue weighted by atomic mass is 16.5. The van der Waals surface area contributed by atoms with Crippen LogP contribution in [0.2, 0.25) is 0 Å². The summed E-state index contributed by atoms with van der Waals surface area (Å²) in [6.45, 7) is 15.3. The molecule has 5 heteroatoms. The summed E-state index contributed by atoms with van der Waals surface area (Å²) in [5, 5.41) is 7.13. The molecule has 0 radical (unpaired) electrons. The number of benzene rings is 4. The molecule has 45 heavy (non-hydrogen) atoms. The third-order valence-corrected chi connectivity index (χ3v) is 9.08. The number of hydrogen-bond acceptors (Lipinski definition) is 3. The lowest BCUT2D eigenvalue weighted by Crippen LogP contribution is -1.99. The van der Waals surface area contributed by atoms with Gasteiger partial charge in [-0.2, -0.15) is 5.10 Å². The normalized spacial score (nSPS) is 11.6. The van der Waals surface area contributed by atoms with Crippen LogP contribution in [0.4, 0.5) is 0 Å². The van der Waals surface area contributed by atoms with Crippen LogP contribution >= 0.6 is 0 Å². The first-order valence-corrected chi connectivity index (χ1v) is 15.6. The van der Waals surface area contributed by atoms with Crippen LogP contribution in [0.5, 0.6) is 11.5 Å². The number of hydrogen-bond donors (Lipinski definition) is 0. The number of pyridine rings is 1. The van der Waals surface area contributed by atoms with E-state index in [2.05, 4.69) is 138 Å². The molecule has 0 atom stereocenters. The predicted molar refractivity (Wildman–Crippen MR) is 185 cm³/mol. The minimum atomic E-state index is 0.411. The van der Waals surface area contributed by atoms with Crippen LogP contribution in [0.3, 0.4) is 0 Å². The van der Waals surface area contributed by atoms with E-state index in [1.165, 1.54) is 44.2 Å². The molecule has 3 heterocycles. The van der Waals surface area contributed by atoms with Crippen molar-refractivity contribution in [2.24, 2.45) is 0 Å². The minimum absolute atomic E-state index is 0.411.